The summed E-state index contributed by atoms with van der Waals surface area (Å²) in [4.78, 5) is 10.6. The molecule has 0 aliphatic heterocycles. The number of sulfone groups is 1. The second kappa shape index (κ2) is 6.26. The van der Waals surface area contributed by atoms with Crippen LogP contribution >= 0.6 is 0 Å². The van der Waals surface area contributed by atoms with Crippen LogP contribution in [0, 0.1) is 0 Å². The molecule has 0 radical (unpaired) electrons. The normalized spacial score (nSPS) is 12.2. The van der Waals surface area contributed by atoms with Crippen molar-refractivity contribution in [1.29, 1.82) is 0 Å². The molecule has 0 bridgehead atoms. The van der Waals surface area contributed by atoms with Crippen LogP contribution in [-0.2, 0) is 21.1 Å². The van der Waals surface area contributed by atoms with Crippen LogP contribution in [0.5, 0.6) is 5.75 Å². The van der Waals surface area contributed by atoms with Gasteiger partial charge in [-0.25, -0.2) is 8.42 Å². The summed E-state index contributed by atoms with van der Waals surface area (Å²) in [5.41, 5.74) is 0.619. The van der Waals surface area contributed by atoms with Gasteiger partial charge >= 0.3 is 5.97 Å². The van der Waals surface area contributed by atoms with Crippen LogP contribution in [0.25, 0.3) is 0 Å². The molecule has 1 N–H and O–H groups in total. The van der Waals surface area contributed by atoms with Gasteiger partial charge in [0.25, 0.3) is 0 Å². The van der Waals surface area contributed by atoms with Gasteiger partial charge in [-0.2, -0.15) is 0 Å². The molecule has 0 aromatic heterocycles. The number of carboxylic acid groups (broad SMARTS) is 1. The van der Waals surface area contributed by atoms with Crippen LogP contribution in [0.1, 0.15) is 26.3 Å². The highest BCUT2D eigenvalue weighted by atomic mass is 32.2. The van der Waals surface area contributed by atoms with Gasteiger partial charge in [-0.15, -0.1) is 0 Å². The third-order valence-electron chi connectivity index (χ3n) is 2.81. The molecule has 0 aliphatic carbocycles. The molecule has 0 unspecified atom stereocenters. The molecule has 0 fully saturated rings. The number of carboxylic acids is 1. The predicted octanol–water partition coefficient (Wildman–Crippen LogP) is 1.91. The third kappa shape index (κ3) is 4.85. The van der Waals surface area contributed by atoms with Crippen LogP contribution in [0.2, 0.25) is 0 Å². The van der Waals surface area contributed by atoms with Crippen LogP contribution in [0.15, 0.2) is 24.3 Å². The van der Waals surface area contributed by atoms with E-state index < -0.39 is 20.6 Å². The molecule has 1 aromatic carbocycles. The van der Waals surface area contributed by atoms with Gasteiger partial charge < -0.3 is 9.84 Å². The Labute approximate surface area is 119 Å². The molecule has 1 rings (SSSR count). The Morgan fingerprint density at radius 2 is 1.95 bits per heavy atom. The maximum Gasteiger partial charge on any atom is 0.307 e. The standard InChI is InChI=1S/C14H20O5S/c1-14(2,3)20(17,18)8-7-19-12-6-4-5-11(9-12)10-13(15)16/h4-6,9H,7-8,10H2,1-3H3,(H,15,16). The Bertz CT molecular complexity index is 569. The number of ether oxygens (including phenoxy) is 1. The van der Waals surface area contributed by atoms with Crippen LogP contribution in [0.4, 0.5) is 0 Å². The van der Waals surface area contributed by atoms with Crippen molar-refractivity contribution in [2.24, 2.45) is 0 Å². The van der Waals surface area contributed by atoms with Gasteiger partial charge in [0.1, 0.15) is 12.4 Å². The highest BCUT2D eigenvalue weighted by molar-refractivity contribution is 7.92. The lowest BCUT2D eigenvalue weighted by Crippen LogP contribution is -2.32. The lowest BCUT2D eigenvalue weighted by atomic mass is 10.1. The number of carbonyl (C=O) groups is 1. The monoisotopic (exact) mass is 300 g/mol. The Balaban J connectivity index is 2.61. The lowest BCUT2D eigenvalue weighted by Gasteiger charge is -2.19. The summed E-state index contributed by atoms with van der Waals surface area (Å²) in [6, 6.07) is 6.66. The fourth-order valence-corrected chi connectivity index (χ4v) is 2.41. The van der Waals surface area contributed by atoms with Crippen molar-refractivity contribution in [3.05, 3.63) is 29.8 Å². The molecular formula is C14H20O5S. The Morgan fingerprint density at radius 3 is 2.50 bits per heavy atom. The van der Waals surface area contributed by atoms with E-state index in [4.69, 9.17) is 9.84 Å². The van der Waals surface area contributed by atoms with Crippen LogP contribution < -0.4 is 4.74 Å². The summed E-state index contributed by atoms with van der Waals surface area (Å²) in [7, 11) is -3.22. The average Bonchev–Trinajstić information content (AvgIpc) is 2.26. The van der Waals surface area contributed by atoms with Crippen molar-refractivity contribution in [3.63, 3.8) is 0 Å². The van der Waals surface area contributed by atoms with Crippen LogP contribution in [-0.4, -0.2) is 36.6 Å². The largest absolute Gasteiger partial charge is 0.493 e. The first kappa shape index (κ1) is 16.5. The average molecular weight is 300 g/mol. The zero-order valence-corrected chi connectivity index (χ0v) is 12.7. The molecular weight excluding hydrogens is 280 g/mol. The summed E-state index contributed by atoms with van der Waals surface area (Å²) >= 11 is 0. The number of rotatable bonds is 6. The second-order valence-electron chi connectivity index (χ2n) is 5.50. The first-order valence-corrected chi connectivity index (χ1v) is 7.93. The minimum atomic E-state index is -3.22. The molecule has 6 heteroatoms. The molecule has 0 saturated carbocycles. The maximum atomic E-state index is 11.9. The van der Waals surface area contributed by atoms with Crippen molar-refractivity contribution in [2.45, 2.75) is 31.9 Å². The van der Waals surface area contributed by atoms with E-state index in [9.17, 15) is 13.2 Å². The maximum absolute atomic E-state index is 11.9. The van der Waals surface area contributed by atoms with E-state index in [0.29, 0.717) is 11.3 Å². The molecule has 5 nitrogen and oxygen atoms in total. The van der Waals surface area contributed by atoms with E-state index in [2.05, 4.69) is 0 Å². The van der Waals surface area contributed by atoms with Crippen molar-refractivity contribution < 1.29 is 23.1 Å². The number of aliphatic carboxylic acids is 1. The van der Waals surface area contributed by atoms with E-state index in [1.807, 2.05) is 0 Å². The number of hydrogen-bond acceptors (Lipinski definition) is 4. The van der Waals surface area contributed by atoms with Gasteiger partial charge in [-0.05, 0) is 38.5 Å². The third-order valence-corrected chi connectivity index (χ3v) is 5.38. The second-order valence-corrected chi connectivity index (χ2v) is 8.36. The topological polar surface area (TPSA) is 80.7 Å². The van der Waals surface area contributed by atoms with E-state index in [0.717, 1.165) is 0 Å². The van der Waals surface area contributed by atoms with Crippen molar-refractivity contribution >= 4 is 15.8 Å². The molecule has 0 heterocycles. The molecule has 0 amide bonds. The van der Waals surface area contributed by atoms with Gasteiger partial charge in [-0.3, -0.25) is 4.79 Å². The number of hydrogen-bond donors (Lipinski definition) is 1. The smallest absolute Gasteiger partial charge is 0.307 e. The number of benzene rings is 1. The summed E-state index contributed by atoms with van der Waals surface area (Å²) in [5.74, 6) is -0.509. The van der Waals surface area contributed by atoms with E-state index in [-0.39, 0.29) is 18.8 Å². The molecule has 112 valence electrons. The fourth-order valence-electron chi connectivity index (χ4n) is 1.50. The zero-order valence-electron chi connectivity index (χ0n) is 11.9. The Morgan fingerprint density at radius 1 is 1.30 bits per heavy atom. The Hall–Kier alpha value is -1.56. The summed E-state index contributed by atoms with van der Waals surface area (Å²) in [5, 5.41) is 8.71. The Kier molecular flexibility index (Phi) is 5.16. The van der Waals surface area contributed by atoms with Crippen LogP contribution in [0.3, 0.4) is 0 Å². The fraction of sp³-hybridized carbons (Fsp3) is 0.500. The van der Waals surface area contributed by atoms with E-state index in [1.54, 1.807) is 45.0 Å². The first-order valence-electron chi connectivity index (χ1n) is 6.28. The van der Waals surface area contributed by atoms with Gasteiger partial charge in [0, 0.05) is 0 Å². The van der Waals surface area contributed by atoms with E-state index >= 15 is 0 Å². The molecule has 0 aliphatic rings. The quantitative estimate of drug-likeness (QED) is 0.868. The predicted molar refractivity (Wildman–Crippen MR) is 76.8 cm³/mol. The molecule has 20 heavy (non-hydrogen) atoms. The van der Waals surface area contributed by atoms with Crippen molar-refractivity contribution in [1.82, 2.24) is 0 Å². The highest BCUT2D eigenvalue weighted by Gasteiger charge is 2.28. The van der Waals surface area contributed by atoms with Gasteiger partial charge in [0.2, 0.25) is 0 Å². The summed E-state index contributed by atoms with van der Waals surface area (Å²) < 4.78 is 28.4. The minimum absolute atomic E-state index is 0.0517. The molecule has 0 saturated heterocycles. The lowest BCUT2D eigenvalue weighted by molar-refractivity contribution is -0.136. The molecule has 0 atom stereocenters. The minimum Gasteiger partial charge on any atom is -0.493 e. The van der Waals surface area contributed by atoms with Crippen molar-refractivity contribution in [3.8, 4) is 5.75 Å². The SMILES string of the molecule is CC(C)(C)S(=O)(=O)CCOc1cccc(CC(=O)O)c1. The summed E-state index contributed by atoms with van der Waals surface area (Å²) in [6.07, 6.45) is -0.0858. The van der Waals surface area contributed by atoms with E-state index in [1.165, 1.54) is 0 Å². The first-order chi connectivity index (χ1) is 9.12. The van der Waals surface area contributed by atoms with Gasteiger partial charge in [0.15, 0.2) is 9.84 Å². The highest BCUT2D eigenvalue weighted by Crippen LogP contribution is 2.17. The summed E-state index contributed by atoms with van der Waals surface area (Å²) in [6.45, 7) is 5.00. The molecule has 0 spiro atoms. The van der Waals surface area contributed by atoms with Crippen molar-refractivity contribution in [2.75, 3.05) is 12.4 Å². The molecule has 1 aromatic rings. The zero-order chi connectivity index (χ0) is 15.4. The van der Waals surface area contributed by atoms with Gasteiger partial charge in [0.05, 0.1) is 16.9 Å². The van der Waals surface area contributed by atoms with Gasteiger partial charge in [-0.1, -0.05) is 12.1 Å².